The maximum Gasteiger partial charge on any atom is 0.417 e. The highest BCUT2D eigenvalue weighted by molar-refractivity contribution is 5.79. The quantitative estimate of drug-likeness (QED) is 0.850. The summed E-state index contributed by atoms with van der Waals surface area (Å²) in [6.45, 7) is 2.79. The molecule has 0 atom stereocenters. The third-order valence-electron chi connectivity index (χ3n) is 3.99. The minimum atomic E-state index is -4.42. The molecule has 1 fully saturated rings. The molecule has 0 radical (unpaired) electrons. The van der Waals surface area contributed by atoms with Crippen molar-refractivity contribution in [3.63, 3.8) is 0 Å². The molecule has 1 amide bonds. The fourth-order valence-electron chi connectivity index (χ4n) is 2.61. The Morgan fingerprint density at radius 2 is 2.04 bits per heavy atom. The van der Waals surface area contributed by atoms with Gasteiger partial charge in [-0.05, 0) is 18.6 Å². The van der Waals surface area contributed by atoms with Crippen molar-refractivity contribution in [2.45, 2.75) is 25.6 Å². The van der Waals surface area contributed by atoms with Gasteiger partial charge < -0.3 is 9.64 Å². The molecule has 1 aliphatic heterocycles. The van der Waals surface area contributed by atoms with Gasteiger partial charge in [-0.25, -0.2) is 4.98 Å². The molecule has 0 saturated carbocycles. The first-order valence-electron chi connectivity index (χ1n) is 7.84. The van der Waals surface area contributed by atoms with Crippen LogP contribution in [-0.2, 0) is 17.4 Å². The van der Waals surface area contributed by atoms with E-state index in [9.17, 15) is 18.0 Å². The predicted octanol–water partition coefficient (Wildman–Crippen LogP) is 3.24. The van der Waals surface area contributed by atoms with E-state index in [1.54, 1.807) is 4.90 Å². The molecule has 1 saturated heterocycles. The van der Waals surface area contributed by atoms with Crippen molar-refractivity contribution >= 4 is 5.91 Å². The zero-order valence-electron chi connectivity index (χ0n) is 13.6. The molecule has 1 aromatic heterocycles. The topological polar surface area (TPSA) is 42.4 Å². The van der Waals surface area contributed by atoms with Gasteiger partial charge in [0.05, 0.1) is 25.1 Å². The van der Waals surface area contributed by atoms with Crippen LogP contribution in [0.3, 0.4) is 0 Å². The predicted molar refractivity (Wildman–Crippen MR) is 85.1 cm³/mol. The Kier molecular flexibility index (Phi) is 4.65. The first-order valence-corrected chi connectivity index (χ1v) is 7.84. The van der Waals surface area contributed by atoms with Crippen LogP contribution in [0.25, 0.3) is 0 Å². The molecule has 132 valence electrons. The standard InChI is InChI=1S/C18H17F3N2O2/c1-12-3-2-4-13(7-12)8-17(24)23-10-15(11-23)25-16-6-5-14(9-22-16)18(19,20)21/h2-7,9,15H,8,10-11H2,1H3. The van der Waals surface area contributed by atoms with E-state index in [4.69, 9.17) is 4.74 Å². The van der Waals surface area contributed by atoms with Crippen LogP contribution in [0.1, 0.15) is 16.7 Å². The molecule has 1 aliphatic rings. The second-order valence-corrected chi connectivity index (χ2v) is 6.09. The van der Waals surface area contributed by atoms with Crippen LogP contribution >= 0.6 is 0 Å². The number of carbonyl (C=O) groups excluding carboxylic acids is 1. The Bertz CT molecular complexity index is 754. The SMILES string of the molecule is Cc1cccc(CC(=O)N2CC(Oc3ccc(C(F)(F)F)cn3)C2)c1. The third kappa shape index (κ3) is 4.29. The van der Waals surface area contributed by atoms with Gasteiger partial charge in [-0.2, -0.15) is 13.2 Å². The summed E-state index contributed by atoms with van der Waals surface area (Å²) < 4.78 is 42.9. The van der Waals surface area contributed by atoms with Crippen LogP contribution in [0, 0.1) is 6.92 Å². The van der Waals surface area contributed by atoms with Gasteiger partial charge in [-0.1, -0.05) is 29.8 Å². The van der Waals surface area contributed by atoms with Crippen LogP contribution < -0.4 is 4.74 Å². The smallest absolute Gasteiger partial charge is 0.417 e. The Morgan fingerprint density at radius 3 is 2.64 bits per heavy atom. The zero-order valence-corrected chi connectivity index (χ0v) is 13.6. The number of carbonyl (C=O) groups is 1. The highest BCUT2D eigenvalue weighted by Gasteiger charge is 2.33. The van der Waals surface area contributed by atoms with Crippen LogP contribution in [0.15, 0.2) is 42.6 Å². The van der Waals surface area contributed by atoms with Crippen molar-refractivity contribution in [1.82, 2.24) is 9.88 Å². The van der Waals surface area contributed by atoms with Gasteiger partial charge in [0.2, 0.25) is 11.8 Å². The van der Waals surface area contributed by atoms with Crippen molar-refractivity contribution in [3.05, 3.63) is 59.3 Å². The van der Waals surface area contributed by atoms with Crippen LogP contribution in [0.4, 0.5) is 13.2 Å². The number of benzene rings is 1. The third-order valence-corrected chi connectivity index (χ3v) is 3.99. The molecule has 2 heterocycles. The summed E-state index contributed by atoms with van der Waals surface area (Å²) >= 11 is 0. The Balaban J connectivity index is 1.48. The number of amides is 1. The normalized spacial score (nSPS) is 15.0. The van der Waals surface area contributed by atoms with Gasteiger partial charge >= 0.3 is 6.18 Å². The average molecular weight is 350 g/mol. The van der Waals surface area contributed by atoms with Crippen molar-refractivity contribution in [1.29, 1.82) is 0 Å². The summed E-state index contributed by atoms with van der Waals surface area (Å²) in [7, 11) is 0. The van der Waals surface area contributed by atoms with Gasteiger partial charge in [-0.15, -0.1) is 0 Å². The highest BCUT2D eigenvalue weighted by atomic mass is 19.4. The number of pyridine rings is 1. The lowest BCUT2D eigenvalue weighted by molar-refractivity contribution is -0.140. The van der Waals surface area contributed by atoms with E-state index in [0.29, 0.717) is 19.5 Å². The molecule has 7 heteroatoms. The number of rotatable bonds is 4. The first-order chi connectivity index (χ1) is 11.8. The Morgan fingerprint density at radius 1 is 1.28 bits per heavy atom. The van der Waals surface area contributed by atoms with E-state index >= 15 is 0 Å². The summed E-state index contributed by atoms with van der Waals surface area (Å²) in [5.41, 5.74) is 1.24. The van der Waals surface area contributed by atoms with Crippen LogP contribution in [-0.4, -0.2) is 35.0 Å². The summed E-state index contributed by atoms with van der Waals surface area (Å²) in [6.07, 6.45) is -3.59. The highest BCUT2D eigenvalue weighted by Crippen LogP contribution is 2.29. The van der Waals surface area contributed by atoms with Gasteiger partial charge in [0.15, 0.2) is 0 Å². The maximum absolute atomic E-state index is 12.5. The van der Waals surface area contributed by atoms with Crippen molar-refractivity contribution in [3.8, 4) is 5.88 Å². The molecule has 4 nitrogen and oxygen atoms in total. The lowest BCUT2D eigenvalue weighted by atomic mass is 10.1. The Labute approximate surface area is 143 Å². The molecule has 0 N–H and O–H groups in total. The van der Waals surface area contributed by atoms with Gasteiger partial charge in [0.25, 0.3) is 0 Å². The number of alkyl halides is 3. The second kappa shape index (κ2) is 6.74. The van der Waals surface area contributed by atoms with Gasteiger partial charge in [0.1, 0.15) is 6.10 Å². The average Bonchev–Trinajstić information content (AvgIpc) is 2.50. The lowest BCUT2D eigenvalue weighted by Gasteiger charge is -2.38. The van der Waals surface area contributed by atoms with E-state index in [-0.39, 0.29) is 17.9 Å². The van der Waals surface area contributed by atoms with Crippen molar-refractivity contribution in [2.24, 2.45) is 0 Å². The maximum atomic E-state index is 12.5. The van der Waals surface area contributed by atoms with E-state index in [1.165, 1.54) is 6.07 Å². The van der Waals surface area contributed by atoms with E-state index in [2.05, 4.69) is 4.98 Å². The molecule has 0 bridgehead atoms. The summed E-state index contributed by atoms with van der Waals surface area (Å²) in [4.78, 5) is 17.5. The molecule has 0 spiro atoms. The number of aryl methyl sites for hydroxylation is 1. The molecular formula is C18H17F3N2O2. The van der Waals surface area contributed by atoms with Crippen LogP contribution in [0.2, 0.25) is 0 Å². The number of hydrogen-bond acceptors (Lipinski definition) is 3. The lowest BCUT2D eigenvalue weighted by Crippen LogP contribution is -2.56. The largest absolute Gasteiger partial charge is 0.471 e. The molecular weight excluding hydrogens is 333 g/mol. The molecule has 0 aliphatic carbocycles. The number of nitrogens with zero attached hydrogens (tertiary/aromatic N) is 2. The van der Waals surface area contributed by atoms with E-state index < -0.39 is 11.7 Å². The summed E-state index contributed by atoms with van der Waals surface area (Å²) in [5.74, 6) is 0.134. The molecule has 2 aromatic rings. The number of hydrogen-bond donors (Lipinski definition) is 0. The number of likely N-dealkylation sites (tertiary alicyclic amines) is 1. The second-order valence-electron chi connectivity index (χ2n) is 6.09. The van der Waals surface area contributed by atoms with E-state index in [0.717, 1.165) is 23.4 Å². The molecule has 25 heavy (non-hydrogen) atoms. The van der Waals surface area contributed by atoms with Crippen molar-refractivity contribution < 1.29 is 22.7 Å². The Hall–Kier alpha value is -2.57. The fourth-order valence-corrected chi connectivity index (χ4v) is 2.61. The first kappa shape index (κ1) is 17.3. The zero-order chi connectivity index (χ0) is 18.0. The minimum Gasteiger partial charge on any atom is -0.471 e. The van der Waals surface area contributed by atoms with Gasteiger partial charge in [-0.3, -0.25) is 4.79 Å². The monoisotopic (exact) mass is 350 g/mol. The van der Waals surface area contributed by atoms with E-state index in [1.807, 2.05) is 31.2 Å². The molecule has 0 unspecified atom stereocenters. The van der Waals surface area contributed by atoms with Crippen LogP contribution in [0.5, 0.6) is 5.88 Å². The molecule has 3 rings (SSSR count). The summed E-state index contributed by atoms with van der Waals surface area (Å²) in [5, 5.41) is 0. The fraction of sp³-hybridized carbons (Fsp3) is 0.333. The number of aromatic nitrogens is 1. The molecule has 1 aromatic carbocycles. The summed E-state index contributed by atoms with van der Waals surface area (Å²) in [6, 6.07) is 9.89. The van der Waals surface area contributed by atoms with Gasteiger partial charge in [0, 0.05) is 12.3 Å². The number of ether oxygens (including phenoxy) is 1. The number of halogens is 3. The minimum absolute atomic E-state index is 0.00540. The van der Waals surface area contributed by atoms with Crippen molar-refractivity contribution in [2.75, 3.05) is 13.1 Å².